The predicted octanol–water partition coefficient (Wildman–Crippen LogP) is 4.47. The standard InChI is InChI=1S/C24H22ClFN2O3S/c25-19-6-3-4-17(14-19)16-27-24(29)15-23-22-7-2-1-5-18(22)12-13-28(23)32(30,31)21-10-8-20(26)9-11-21/h1-11,14,23H,12-13,15-16H2,(H,27,29)/t23-/m0/s1. The van der Waals surface area contributed by atoms with Crippen molar-refractivity contribution in [1.29, 1.82) is 0 Å². The van der Waals surface area contributed by atoms with Gasteiger partial charge in [0.1, 0.15) is 5.82 Å². The van der Waals surface area contributed by atoms with E-state index in [1.54, 1.807) is 18.2 Å². The molecule has 1 aliphatic heterocycles. The normalized spacial score (nSPS) is 16.4. The summed E-state index contributed by atoms with van der Waals surface area (Å²) in [5, 5.41) is 3.43. The fourth-order valence-electron chi connectivity index (χ4n) is 3.97. The summed E-state index contributed by atoms with van der Waals surface area (Å²) < 4.78 is 41.4. The van der Waals surface area contributed by atoms with Crippen molar-refractivity contribution >= 4 is 27.5 Å². The van der Waals surface area contributed by atoms with Crippen LogP contribution in [-0.4, -0.2) is 25.2 Å². The molecule has 0 unspecified atom stereocenters. The fourth-order valence-corrected chi connectivity index (χ4v) is 5.78. The van der Waals surface area contributed by atoms with Crippen molar-refractivity contribution in [3.8, 4) is 0 Å². The molecule has 5 nitrogen and oxygen atoms in total. The van der Waals surface area contributed by atoms with E-state index in [0.717, 1.165) is 28.8 Å². The van der Waals surface area contributed by atoms with Crippen molar-refractivity contribution in [2.45, 2.75) is 30.3 Å². The smallest absolute Gasteiger partial charge is 0.243 e. The number of carbonyl (C=O) groups excluding carboxylic acids is 1. The Balaban J connectivity index is 1.59. The van der Waals surface area contributed by atoms with Crippen molar-refractivity contribution in [2.24, 2.45) is 0 Å². The molecule has 0 bridgehead atoms. The van der Waals surface area contributed by atoms with Crippen LogP contribution in [0.3, 0.4) is 0 Å². The lowest BCUT2D eigenvalue weighted by atomic mass is 9.92. The third-order valence-electron chi connectivity index (χ3n) is 5.54. The molecule has 0 aromatic heterocycles. The second-order valence-corrected chi connectivity index (χ2v) is 9.97. The third kappa shape index (κ3) is 4.85. The Morgan fingerprint density at radius 2 is 1.81 bits per heavy atom. The predicted molar refractivity (Wildman–Crippen MR) is 121 cm³/mol. The second kappa shape index (κ2) is 9.40. The molecular formula is C24H22ClFN2O3S. The zero-order chi connectivity index (χ0) is 22.7. The summed E-state index contributed by atoms with van der Waals surface area (Å²) in [6.45, 7) is 0.529. The highest BCUT2D eigenvalue weighted by molar-refractivity contribution is 7.89. The number of benzene rings is 3. The van der Waals surface area contributed by atoms with Crippen LogP contribution in [0.2, 0.25) is 5.02 Å². The highest BCUT2D eigenvalue weighted by Gasteiger charge is 2.37. The molecule has 0 fully saturated rings. The maximum atomic E-state index is 13.4. The quantitative estimate of drug-likeness (QED) is 0.575. The molecule has 1 aliphatic rings. The van der Waals surface area contributed by atoms with Gasteiger partial charge >= 0.3 is 0 Å². The monoisotopic (exact) mass is 472 g/mol. The first-order valence-electron chi connectivity index (χ1n) is 10.2. The molecule has 1 atom stereocenters. The number of carbonyl (C=O) groups is 1. The first-order valence-corrected chi connectivity index (χ1v) is 12.0. The van der Waals surface area contributed by atoms with E-state index in [4.69, 9.17) is 11.6 Å². The number of hydrogen-bond acceptors (Lipinski definition) is 3. The second-order valence-electron chi connectivity index (χ2n) is 7.65. The Bertz CT molecular complexity index is 1230. The van der Waals surface area contributed by atoms with Gasteiger partial charge in [-0.15, -0.1) is 0 Å². The molecule has 0 spiro atoms. The maximum absolute atomic E-state index is 13.4. The molecule has 0 radical (unpaired) electrons. The van der Waals surface area contributed by atoms with Crippen LogP contribution in [0.5, 0.6) is 0 Å². The van der Waals surface area contributed by atoms with E-state index in [2.05, 4.69) is 5.32 Å². The van der Waals surface area contributed by atoms with Gasteiger partial charge in [0.25, 0.3) is 0 Å². The third-order valence-corrected chi connectivity index (χ3v) is 7.70. The first-order chi connectivity index (χ1) is 15.3. The lowest BCUT2D eigenvalue weighted by molar-refractivity contribution is -0.122. The Morgan fingerprint density at radius 3 is 2.56 bits per heavy atom. The Morgan fingerprint density at radius 1 is 1.06 bits per heavy atom. The van der Waals surface area contributed by atoms with E-state index in [9.17, 15) is 17.6 Å². The molecule has 1 N–H and O–H groups in total. The van der Waals surface area contributed by atoms with Crippen molar-refractivity contribution in [2.75, 3.05) is 6.54 Å². The SMILES string of the molecule is O=C(C[C@H]1c2ccccc2CCN1S(=O)(=O)c1ccc(F)cc1)NCc1cccc(Cl)c1. The summed E-state index contributed by atoms with van der Waals surface area (Å²) in [6, 6.07) is 18.8. The van der Waals surface area contributed by atoms with Crippen LogP contribution >= 0.6 is 11.6 Å². The van der Waals surface area contributed by atoms with E-state index in [1.165, 1.54) is 16.4 Å². The molecule has 32 heavy (non-hydrogen) atoms. The van der Waals surface area contributed by atoms with E-state index in [0.29, 0.717) is 18.0 Å². The molecule has 3 aromatic rings. The summed E-state index contributed by atoms with van der Waals surface area (Å²) in [5.74, 6) is -0.782. The van der Waals surface area contributed by atoms with Gasteiger partial charge < -0.3 is 5.32 Å². The minimum absolute atomic E-state index is 0.00242. The van der Waals surface area contributed by atoms with Crippen molar-refractivity contribution in [1.82, 2.24) is 9.62 Å². The van der Waals surface area contributed by atoms with Gasteiger partial charge in [-0.25, -0.2) is 12.8 Å². The summed E-state index contributed by atoms with van der Waals surface area (Å²) in [7, 11) is -3.92. The van der Waals surface area contributed by atoms with Crippen LogP contribution in [0.1, 0.15) is 29.2 Å². The maximum Gasteiger partial charge on any atom is 0.243 e. The molecule has 1 amide bonds. The van der Waals surface area contributed by atoms with Gasteiger partial charge in [-0.05, 0) is 59.5 Å². The molecule has 0 aliphatic carbocycles. The molecule has 8 heteroatoms. The van der Waals surface area contributed by atoms with E-state index in [-0.39, 0.29) is 23.8 Å². The molecule has 4 rings (SSSR count). The van der Waals surface area contributed by atoms with Crippen molar-refractivity contribution in [3.05, 3.63) is 100 Å². The average molecular weight is 473 g/mol. The minimum Gasteiger partial charge on any atom is -0.352 e. The number of hydrogen-bond donors (Lipinski definition) is 1. The summed E-state index contributed by atoms with van der Waals surface area (Å²) >= 11 is 6.00. The van der Waals surface area contributed by atoms with Crippen molar-refractivity contribution < 1.29 is 17.6 Å². The van der Waals surface area contributed by atoms with Crippen LogP contribution in [0.4, 0.5) is 4.39 Å². The number of rotatable bonds is 6. The molecular weight excluding hydrogens is 451 g/mol. The zero-order valence-electron chi connectivity index (χ0n) is 17.2. The number of nitrogens with one attached hydrogen (secondary N) is 1. The fraction of sp³-hybridized carbons (Fsp3) is 0.208. The van der Waals surface area contributed by atoms with Crippen LogP contribution in [0, 0.1) is 5.82 Å². The van der Waals surface area contributed by atoms with Gasteiger partial charge in [0.05, 0.1) is 10.9 Å². The number of sulfonamides is 1. The van der Waals surface area contributed by atoms with Crippen molar-refractivity contribution in [3.63, 3.8) is 0 Å². The van der Waals surface area contributed by atoms with Crippen LogP contribution in [0.15, 0.2) is 77.7 Å². The van der Waals surface area contributed by atoms with Gasteiger partial charge in [-0.3, -0.25) is 4.79 Å². The minimum atomic E-state index is -3.92. The van der Waals surface area contributed by atoms with Gasteiger partial charge in [-0.2, -0.15) is 4.31 Å². The molecule has 3 aromatic carbocycles. The molecule has 1 heterocycles. The van der Waals surface area contributed by atoms with Gasteiger partial charge in [0, 0.05) is 24.5 Å². The van der Waals surface area contributed by atoms with Crippen LogP contribution < -0.4 is 5.32 Å². The van der Waals surface area contributed by atoms with Gasteiger partial charge in [0.2, 0.25) is 15.9 Å². The zero-order valence-corrected chi connectivity index (χ0v) is 18.7. The molecule has 0 saturated carbocycles. The van der Waals surface area contributed by atoms with E-state index >= 15 is 0 Å². The van der Waals surface area contributed by atoms with Crippen LogP contribution in [0.25, 0.3) is 0 Å². The molecule has 0 saturated heterocycles. The number of halogens is 2. The van der Waals surface area contributed by atoms with Crippen LogP contribution in [-0.2, 0) is 27.8 Å². The number of nitrogens with zero attached hydrogens (tertiary/aromatic N) is 1. The number of amides is 1. The summed E-state index contributed by atoms with van der Waals surface area (Å²) in [4.78, 5) is 12.8. The van der Waals surface area contributed by atoms with E-state index < -0.39 is 21.9 Å². The Labute approximate surface area is 191 Å². The largest absolute Gasteiger partial charge is 0.352 e. The van der Waals surface area contributed by atoms with Gasteiger partial charge in [0.15, 0.2) is 0 Å². The lowest BCUT2D eigenvalue weighted by Gasteiger charge is -2.36. The van der Waals surface area contributed by atoms with Gasteiger partial charge in [-0.1, -0.05) is 48.0 Å². The average Bonchev–Trinajstić information content (AvgIpc) is 2.78. The molecule has 166 valence electrons. The lowest BCUT2D eigenvalue weighted by Crippen LogP contribution is -2.42. The van der Waals surface area contributed by atoms with E-state index in [1.807, 2.05) is 30.3 Å². The summed E-state index contributed by atoms with van der Waals surface area (Å²) in [5.41, 5.74) is 2.68. The Kier molecular flexibility index (Phi) is 6.60. The number of fused-ring (bicyclic) bond motifs is 1. The topological polar surface area (TPSA) is 66.5 Å². The highest BCUT2D eigenvalue weighted by atomic mass is 35.5. The highest BCUT2D eigenvalue weighted by Crippen LogP contribution is 2.36. The Hall–Kier alpha value is -2.74. The first kappa shape index (κ1) is 22.5. The summed E-state index contributed by atoms with van der Waals surface area (Å²) in [6.07, 6.45) is 0.509.